The van der Waals surface area contributed by atoms with E-state index < -0.39 is 5.41 Å². The third-order valence-corrected chi connectivity index (χ3v) is 5.37. The van der Waals surface area contributed by atoms with Crippen LogP contribution in [0.2, 0.25) is 0 Å². The summed E-state index contributed by atoms with van der Waals surface area (Å²) in [6, 6.07) is 7.98. The Bertz CT molecular complexity index is 595. The van der Waals surface area contributed by atoms with Crippen LogP contribution >= 0.6 is 34.2 Å². The molecule has 0 bridgehead atoms. The summed E-state index contributed by atoms with van der Waals surface area (Å²) in [6.07, 6.45) is 1.89. The van der Waals surface area contributed by atoms with Crippen molar-refractivity contribution in [3.8, 4) is 0 Å². The number of benzene rings is 1. The molecule has 0 spiro atoms. The Kier molecular flexibility index (Phi) is 6.31. The number of hydrogen-bond acceptors (Lipinski definition) is 3. The first-order valence-electron chi connectivity index (χ1n) is 7.64. The second-order valence-electron chi connectivity index (χ2n) is 6.18. The van der Waals surface area contributed by atoms with Crippen molar-refractivity contribution in [2.75, 3.05) is 19.5 Å². The molecule has 0 radical (unpaired) electrons. The van der Waals surface area contributed by atoms with Gasteiger partial charge in [0.1, 0.15) is 6.10 Å². The number of cyclic esters (lactones) is 1. The number of ketones is 1. The Balaban J connectivity index is 2.05. The molecule has 0 N–H and O–H groups in total. The maximum absolute atomic E-state index is 12.4. The van der Waals surface area contributed by atoms with Gasteiger partial charge >= 0.3 is 6.09 Å². The van der Waals surface area contributed by atoms with E-state index in [-0.39, 0.29) is 23.9 Å². The number of Topliss-reactive ketones (excluding diaryl/α,β-unsaturated/α-hetero) is 1. The number of rotatable bonds is 7. The molecule has 23 heavy (non-hydrogen) atoms. The lowest BCUT2D eigenvalue weighted by molar-refractivity contribution is -0.121. The Morgan fingerprint density at radius 3 is 2.83 bits per heavy atom. The lowest BCUT2D eigenvalue weighted by Crippen LogP contribution is -2.34. The minimum atomic E-state index is -0.600. The minimum Gasteiger partial charge on any atom is -0.444 e. The van der Waals surface area contributed by atoms with Gasteiger partial charge in [0, 0.05) is 10.6 Å². The standard InChI is InChI=1S/C17H21ClINO3/c1-17(15(21)10-18,12-5-3-6-13(19)9-12)8-4-7-14-11-20(2)16(22)23-14/h3,5-6,9,14H,4,7-8,10-11H2,1-2H3. The zero-order valence-corrected chi connectivity index (χ0v) is 16.3. The van der Waals surface area contributed by atoms with Gasteiger partial charge in [0.2, 0.25) is 0 Å². The van der Waals surface area contributed by atoms with Crippen LogP contribution in [0.1, 0.15) is 31.7 Å². The van der Waals surface area contributed by atoms with E-state index in [2.05, 4.69) is 22.6 Å². The van der Waals surface area contributed by atoms with Crippen molar-refractivity contribution in [2.24, 2.45) is 0 Å². The van der Waals surface area contributed by atoms with Gasteiger partial charge in [-0.1, -0.05) is 12.1 Å². The third-order valence-electron chi connectivity index (χ3n) is 4.46. The Hall–Kier alpha value is -0.820. The maximum atomic E-state index is 12.4. The fourth-order valence-electron chi connectivity index (χ4n) is 2.91. The molecule has 1 heterocycles. The second kappa shape index (κ2) is 7.83. The van der Waals surface area contributed by atoms with Crippen molar-refractivity contribution in [2.45, 2.75) is 37.7 Å². The molecule has 1 aliphatic rings. The number of carbonyl (C=O) groups excluding carboxylic acids is 2. The van der Waals surface area contributed by atoms with E-state index in [1.54, 1.807) is 11.9 Å². The predicted octanol–water partition coefficient (Wildman–Crippen LogP) is 3.98. The monoisotopic (exact) mass is 449 g/mol. The van der Waals surface area contributed by atoms with Gasteiger partial charge in [0.15, 0.2) is 5.78 Å². The number of likely N-dealkylation sites (N-methyl/N-ethyl adjacent to an activating group) is 1. The van der Waals surface area contributed by atoms with E-state index in [1.807, 2.05) is 31.2 Å². The highest BCUT2D eigenvalue weighted by atomic mass is 127. The molecule has 126 valence electrons. The number of ether oxygens (including phenoxy) is 1. The average Bonchev–Trinajstić information content (AvgIpc) is 2.84. The molecule has 1 aromatic rings. The molecule has 0 aromatic heterocycles. The Morgan fingerprint density at radius 2 is 2.26 bits per heavy atom. The molecule has 1 aromatic carbocycles. The highest BCUT2D eigenvalue weighted by Crippen LogP contribution is 2.33. The van der Waals surface area contributed by atoms with Crippen molar-refractivity contribution in [3.05, 3.63) is 33.4 Å². The summed E-state index contributed by atoms with van der Waals surface area (Å²) in [4.78, 5) is 25.4. The number of carbonyl (C=O) groups is 2. The fourth-order valence-corrected chi connectivity index (χ4v) is 3.75. The summed E-state index contributed by atoms with van der Waals surface area (Å²) in [5, 5.41) is 0. The largest absolute Gasteiger partial charge is 0.444 e. The molecule has 2 rings (SSSR count). The van der Waals surface area contributed by atoms with Gasteiger partial charge in [-0.15, -0.1) is 11.6 Å². The molecule has 1 fully saturated rings. The van der Waals surface area contributed by atoms with Gasteiger partial charge < -0.3 is 9.64 Å². The summed E-state index contributed by atoms with van der Waals surface area (Å²) in [7, 11) is 1.73. The van der Waals surface area contributed by atoms with E-state index >= 15 is 0 Å². The summed E-state index contributed by atoms with van der Waals surface area (Å²) in [5.74, 6) is 0.0325. The first-order valence-corrected chi connectivity index (χ1v) is 9.25. The Labute approximate surface area is 155 Å². The topological polar surface area (TPSA) is 46.6 Å². The van der Waals surface area contributed by atoms with Crippen LogP contribution in [0.25, 0.3) is 0 Å². The lowest BCUT2D eigenvalue weighted by Gasteiger charge is -2.28. The van der Waals surface area contributed by atoms with Crippen molar-refractivity contribution >= 4 is 46.1 Å². The minimum absolute atomic E-state index is 0.00310. The molecule has 0 saturated carbocycles. The van der Waals surface area contributed by atoms with Gasteiger partial charge in [-0.2, -0.15) is 0 Å². The average molecular weight is 450 g/mol. The van der Waals surface area contributed by atoms with Crippen molar-refractivity contribution in [3.63, 3.8) is 0 Å². The summed E-state index contributed by atoms with van der Waals surface area (Å²) >= 11 is 8.09. The SMILES string of the molecule is CN1CC(CCCC(C)(C(=O)CCl)c2cccc(I)c2)OC1=O. The Morgan fingerprint density at radius 1 is 1.52 bits per heavy atom. The van der Waals surface area contributed by atoms with E-state index in [0.29, 0.717) is 13.0 Å². The zero-order valence-electron chi connectivity index (χ0n) is 13.4. The molecule has 1 saturated heterocycles. The zero-order chi connectivity index (χ0) is 17.0. The molecule has 1 aliphatic heterocycles. The van der Waals surface area contributed by atoms with E-state index in [1.165, 1.54) is 0 Å². The number of alkyl halides is 1. The van der Waals surface area contributed by atoms with Gasteiger partial charge in [-0.05, 0) is 66.5 Å². The first-order chi connectivity index (χ1) is 10.9. The van der Waals surface area contributed by atoms with Crippen LogP contribution in [0.4, 0.5) is 4.79 Å². The van der Waals surface area contributed by atoms with Gasteiger partial charge in [0.25, 0.3) is 0 Å². The summed E-state index contributed by atoms with van der Waals surface area (Å²) in [5.41, 5.74) is 0.396. The van der Waals surface area contributed by atoms with E-state index in [0.717, 1.165) is 22.0 Å². The van der Waals surface area contributed by atoms with Gasteiger partial charge in [-0.25, -0.2) is 4.79 Å². The highest BCUT2D eigenvalue weighted by Gasteiger charge is 2.35. The summed E-state index contributed by atoms with van der Waals surface area (Å²) in [6.45, 7) is 2.57. The number of hydrogen-bond donors (Lipinski definition) is 0. The summed E-state index contributed by atoms with van der Waals surface area (Å²) < 4.78 is 6.37. The van der Waals surface area contributed by atoms with Crippen LogP contribution < -0.4 is 0 Å². The quantitative estimate of drug-likeness (QED) is 0.467. The number of amides is 1. The lowest BCUT2D eigenvalue weighted by atomic mass is 9.75. The van der Waals surface area contributed by atoms with Crippen molar-refractivity contribution in [1.29, 1.82) is 0 Å². The van der Waals surface area contributed by atoms with Crippen LogP contribution in [0.15, 0.2) is 24.3 Å². The normalized spacial score (nSPS) is 20.3. The van der Waals surface area contributed by atoms with Crippen LogP contribution in [0.3, 0.4) is 0 Å². The number of halogens is 2. The molecule has 2 unspecified atom stereocenters. The van der Waals surface area contributed by atoms with Crippen LogP contribution in [-0.4, -0.2) is 42.4 Å². The number of nitrogens with zero attached hydrogens (tertiary/aromatic N) is 1. The highest BCUT2D eigenvalue weighted by molar-refractivity contribution is 14.1. The smallest absolute Gasteiger partial charge is 0.409 e. The predicted molar refractivity (Wildman–Crippen MR) is 99.0 cm³/mol. The van der Waals surface area contributed by atoms with Gasteiger partial charge in [0.05, 0.1) is 17.8 Å². The van der Waals surface area contributed by atoms with Gasteiger partial charge in [-0.3, -0.25) is 4.79 Å². The van der Waals surface area contributed by atoms with E-state index in [9.17, 15) is 9.59 Å². The van der Waals surface area contributed by atoms with Crippen molar-refractivity contribution in [1.82, 2.24) is 4.90 Å². The molecule has 0 aliphatic carbocycles. The molecular weight excluding hydrogens is 429 g/mol. The maximum Gasteiger partial charge on any atom is 0.409 e. The van der Waals surface area contributed by atoms with Crippen LogP contribution in [0, 0.1) is 3.57 Å². The van der Waals surface area contributed by atoms with Crippen molar-refractivity contribution < 1.29 is 14.3 Å². The molecular formula is C17H21ClINO3. The molecule has 6 heteroatoms. The van der Waals surface area contributed by atoms with Crippen LogP contribution in [0.5, 0.6) is 0 Å². The molecule has 1 amide bonds. The fraction of sp³-hybridized carbons (Fsp3) is 0.529. The third kappa shape index (κ3) is 4.38. The molecule has 2 atom stereocenters. The molecule has 4 nitrogen and oxygen atoms in total. The second-order valence-corrected chi connectivity index (χ2v) is 7.69. The van der Waals surface area contributed by atoms with E-state index in [4.69, 9.17) is 16.3 Å². The van der Waals surface area contributed by atoms with Crippen LogP contribution in [-0.2, 0) is 14.9 Å². The first kappa shape index (κ1) is 18.5.